The Kier molecular flexibility index (Phi) is 8.77. The summed E-state index contributed by atoms with van der Waals surface area (Å²) in [4.78, 5) is 33.5. The van der Waals surface area contributed by atoms with Crippen molar-refractivity contribution >= 4 is 18.2 Å². The molecule has 0 fully saturated rings. The van der Waals surface area contributed by atoms with Gasteiger partial charge >= 0.3 is 12.2 Å². The number of nitrogens with zero attached hydrogens (tertiary/aromatic N) is 4. The Morgan fingerprint density at radius 2 is 1.89 bits per heavy atom. The van der Waals surface area contributed by atoms with Crippen LogP contribution in [0.1, 0.15) is 53.5 Å². The molecule has 1 aromatic heterocycles. The highest BCUT2D eigenvalue weighted by Gasteiger charge is 2.25. The van der Waals surface area contributed by atoms with E-state index in [9.17, 15) is 14.9 Å². The minimum absolute atomic E-state index is 0.00229. The quantitative estimate of drug-likeness (QED) is 0.439. The van der Waals surface area contributed by atoms with Crippen molar-refractivity contribution in [3.63, 3.8) is 0 Å². The van der Waals surface area contributed by atoms with E-state index in [1.807, 2.05) is 6.92 Å². The number of benzene rings is 1. The summed E-state index contributed by atoms with van der Waals surface area (Å²) in [6, 6.07) is 8.83. The molecule has 1 heterocycles. The molecule has 0 bridgehead atoms. The number of amides is 1. The molecule has 0 spiro atoms. The lowest BCUT2D eigenvalue weighted by Gasteiger charge is -2.26. The Bertz CT molecular complexity index is 1100. The second kappa shape index (κ2) is 11.1. The minimum atomic E-state index is -1.12. The maximum Gasteiger partial charge on any atom is 0.517 e. The molecule has 1 aromatic carbocycles. The second-order valence-electron chi connectivity index (χ2n) is 10.00. The molecule has 188 valence electrons. The SMILES string of the molecule is CC(C)CC(C)(N)COc1ccc(-c2ccnc(N(C)C(=O)OC(=O)OC(C)(C)C)n2)cc1C#N. The van der Waals surface area contributed by atoms with Gasteiger partial charge in [0, 0.05) is 24.3 Å². The van der Waals surface area contributed by atoms with E-state index in [-0.39, 0.29) is 12.6 Å². The molecule has 0 radical (unpaired) electrons. The highest BCUT2D eigenvalue weighted by molar-refractivity contribution is 5.91. The maximum atomic E-state index is 12.3. The van der Waals surface area contributed by atoms with Crippen LogP contribution in [-0.4, -0.2) is 47.0 Å². The Morgan fingerprint density at radius 1 is 1.20 bits per heavy atom. The standard InChI is InChI=1S/C25H33N5O5/c1-16(2)13-25(6,27)15-33-20-9-8-17(12-18(20)14-26)19-10-11-28-21(29-19)30(7)22(31)34-23(32)35-24(3,4)5/h8-12,16H,13,15,27H2,1-7H3. The Balaban J connectivity index is 2.18. The molecule has 1 unspecified atom stereocenters. The fourth-order valence-corrected chi connectivity index (χ4v) is 3.30. The van der Waals surface area contributed by atoms with Crippen molar-refractivity contribution in [3.05, 3.63) is 36.0 Å². The van der Waals surface area contributed by atoms with E-state index in [4.69, 9.17) is 19.9 Å². The van der Waals surface area contributed by atoms with Crippen LogP contribution < -0.4 is 15.4 Å². The van der Waals surface area contributed by atoms with Gasteiger partial charge in [-0.15, -0.1) is 0 Å². The fraction of sp³-hybridized carbons (Fsp3) is 0.480. The number of carbonyl (C=O) groups is 2. The number of hydrogen-bond acceptors (Lipinski definition) is 9. The molecule has 1 atom stereocenters. The van der Waals surface area contributed by atoms with Crippen molar-refractivity contribution in [3.8, 4) is 23.1 Å². The van der Waals surface area contributed by atoms with Gasteiger partial charge in [-0.1, -0.05) is 13.8 Å². The van der Waals surface area contributed by atoms with Crippen molar-refractivity contribution < 1.29 is 23.8 Å². The molecule has 0 saturated heterocycles. The van der Waals surface area contributed by atoms with Crippen molar-refractivity contribution in [2.45, 2.75) is 59.1 Å². The molecule has 2 rings (SSSR count). The molecule has 0 aliphatic heterocycles. The van der Waals surface area contributed by atoms with Crippen LogP contribution in [0.3, 0.4) is 0 Å². The van der Waals surface area contributed by atoms with Crippen molar-refractivity contribution in [1.82, 2.24) is 9.97 Å². The lowest BCUT2D eigenvalue weighted by Crippen LogP contribution is -2.43. The third kappa shape index (κ3) is 8.54. The summed E-state index contributed by atoms with van der Waals surface area (Å²) in [6.45, 7) is 11.3. The van der Waals surface area contributed by atoms with E-state index < -0.39 is 23.4 Å². The molecule has 10 nitrogen and oxygen atoms in total. The molecule has 0 aliphatic rings. The van der Waals surface area contributed by atoms with Crippen molar-refractivity contribution in [2.24, 2.45) is 11.7 Å². The predicted octanol–water partition coefficient (Wildman–Crippen LogP) is 4.67. The van der Waals surface area contributed by atoms with E-state index in [0.29, 0.717) is 28.5 Å². The molecule has 2 N–H and O–H groups in total. The minimum Gasteiger partial charge on any atom is -0.490 e. The number of aromatic nitrogens is 2. The van der Waals surface area contributed by atoms with Gasteiger partial charge in [-0.3, -0.25) is 0 Å². The molecule has 1 amide bonds. The van der Waals surface area contributed by atoms with Gasteiger partial charge in [-0.2, -0.15) is 5.26 Å². The van der Waals surface area contributed by atoms with Crippen LogP contribution in [0.4, 0.5) is 15.5 Å². The van der Waals surface area contributed by atoms with Gasteiger partial charge in [-0.25, -0.2) is 24.5 Å². The summed E-state index contributed by atoms with van der Waals surface area (Å²) in [5.41, 5.74) is 6.37. The summed E-state index contributed by atoms with van der Waals surface area (Å²) in [7, 11) is 1.37. The van der Waals surface area contributed by atoms with E-state index >= 15 is 0 Å². The van der Waals surface area contributed by atoms with Crippen molar-refractivity contribution in [2.75, 3.05) is 18.6 Å². The topological polar surface area (TPSA) is 141 Å². The molecule has 35 heavy (non-hydrogen) atoms. The zero-order chi connectivity index (χ0) is 26.4. The summed E-state index contributed by atoms with van der Waals surface area (Å²) >= 11 is 0. The number of nitriles is 1. The van der Waals surface area contributed by atoms with Gasteiger partial charge in [-0.05, 0) is 64.3 Å². The third-order valence-corrected chi connectivity index (χ3v) is 4.60. The first kappa shape index (κ1) is 27.5. The monoisotopic (exact) mass is 483 g/mol. The number of ether oxygens (including phenoxy) is 3. The van der Waals surface area contributed by atoms with E-state index in [1.54, 1.807) is 45.0 Å². The van der Waals surface area contributed by atoms with Crippen LogP contribution in [0.25, 0.3) is 11.3 Å². The number of carbonyl (C=O) groups excluding carboxylic acids is 2. The molecule has 0 saturated carbocycles. The number of anilines is 1. The summed E-state index contributed by atoms with van der Waals surface area (Å²) < 4.78 is 15.5. The van der Waals surface area contributed by atoms with Gasteiger partial charge in [0.2, 0.25) is 5.95 Å². The number of rotatable bonds is 7. The smallest absolute Gasteiger partial charge is 0.490 e. The summed E-state index contributed by atoms with van der Waals surface area (Å²) in [5.74, 6) is 0.837. The normalized spacial score (nSPS) is 12.9. The Labute approximate surface area is 206 Å². The van der Waals surface area contributed by atoms with Crippen LogP contribution in [0.2, 0.25) is 0 Å². The zero-order valence-corrected chi connectivity index (χ0v) is 21.3. The Morgan fingerprint density at radius 3 is 2.49 bits per heavy atom. The van der Waals surface area contributed by atoms with Crippen LogP contribution >= 0.6 is 0 Å². The van der Waals surface area contributed by atoms with Gasteiger partial charge in [0.1, 0.15) is 24.0 Å². The number of hydrogen-bond donors (Lipinski definition) is 1. The summed E-state index contributed by atoms with van der Waals surface area (Å²) in [5, 5.41) is 9.64. The van der Waals surface area contributed by atoms with Gasteiger partial charge < -0.3 is 19.9 Å². The Hall–Kier alpha value is -3.71. The van der Waals surface area contributed by atoms with Crippen LogP contribution in [-0.2, 0) is 9.47 Å². The average Bonchev–Trinajstić information content (AvgIpc) is 2.74. The van der Waals surface area contributed by atoms with E-state index in [0.717, 1.165) is 11.3 Å². The molecule has 2 aromatic rings. The average molecular weight is 484 g/mol. The first-order chi connectivity index (χ1) is 16.2. The lowest BCUT2D eigenvalue weighted by molar-refractivity contribution is 0.0102. The lowest BCUT2D eigenvalue weighted by atomic mass is 9.93. The molecule has 10 heteroatoms. The molecule has 0 aliphatic carbocycles. The maximum absolute atomic E-state index is 12.3. The highest BCUT2D eigenvalue weighted by atomic mass is 16.8. The van der Waals surface area contributed by atoms with Gasteiger partial charge in [0.05, 0.1) is 11.3 Å². The van der Waals surface area contributed by atoms with Crippen LogP contribution in [0.5, 0.6) is 5.75 Å². The first-order valence-corrected chi connectivity index (χ1v) is 11.2. The largest absolute Gasteiger partial charge is 0.517 e. The zero-order valence-electron chi connectivity index (χ0n) is 21.3. The second-order valence-corrected chi connectivity index (χ2v) is 10.00. The highest BCUT2D eigenvalue weighted by Crippen LogP contribution is 2.27. The van der Waals surface area contributed by atoms with Gasteiger partial charge in [0.15, 0.2) is 0 Å². The molecular formula is C25H33N5O5. The first-order valence-electron chi connectivity index (χ1n) is 11.2. The van der Waals surface area contributed by atoms with Crippen LogP contribution in [0.15, 0.2) is 30.5 Å². The fourth-order valence-electron chi connectivity index (χ4n) is 3.30. The molecular weight excluding hydrogens is 450 g/mol. The third-order valence-electron chi connectivity index (χ3n) is 4.60. The van der Waals surface area contributed by atoms with Crippen LogP contribution in [0, 0.1) is 17.2 Å². The number of nitrogens with two attached hydrogens (primary N) is 1. The van der Waals surface area contributed by atoms with E-state index in [1.165, 1.54) is 13.2 Å². The van der Waals surface area contributed by atoms with Gasteiger partial charge in [0.25, 0.3) is 0 Å². The predicted molar refractivity (Wildman–Crippen MR) is 131 cm³/mol. The van der Waals surface area contributed by atoms with Crippen molar-refractivity contribution in [1.29, 1.82) is 5.26 Å². The summed E-state index contributed by atoms with van der Waals surface area (Å²) in [6.07, 6.45) is 0.114. The van der Waals surface area contributed by atoms with E-state index in [2.05, 4.69) is 29.9 Å².